The van der Waals surface area contributed by atoms with Gasteiger partial charge in [0.2, 0.25) is 5.91 Å². The predicted octanol–water partition coefficient (Wildman–Crippen LogP) is 1.02. The third-order valence-corrected chi connectivity index (χ3v) is 4.53. The molecule has 1 aliphatic heterocycles. The number of amides is 2. The van der Waals surface area contributed by atoms with Gasteiger partial charge < -0.3 is 15.7 Å². The van der Waals surface area contributed by atoms with Gasteiger partial charge in [0, 0.05) is 44.7 Å². The summed E-state index contributed by atoms with van der Waals surface area (Å²) in [6, 6.07) is 7.66. The second-order valence-electron chi connectivity index (χ2n) is 7.36. The summed E-state index contributed by atoms with van der Waals surface area (Å²) in [5, 5.41) is 9.86. The molecule has 138 valence electrons. The zero-order valence-electron chi connectivity index (χ0n) is 15.2. The molecule has 0 radical (unpaired) electrons. The van der Waals surface area contributed by atoms with Crippen molar-refractivity contribution >= 4 is 11.8 Å². The lowest BCUT2D eigenvalue weighted by atomic mass is 9.97. The molecule has 2 amide bonds. The summed E-state index contributed by atoms with van der Waals surface area (Å²) in [7, 11) is 0. The molecule has 2 rings (SSSR count). The van der Waals surface area contributed by atoms with E-state index in [1.54, 1.807) is 13.8 Å². The molecular weight excluding hydrogens is 318 g/mol. The summed E-state index contributed by atoms with van der Waals surface area (Å²) in [6.45, 7) is 7.08. The highest BCUT2D eigenvalue weighted by Gasteiger charge is 2.22. The standard InChI is InChI=1S/C19H29N3O3/c1-19(2,25)8-6-15-4-3-5-16(14-15)18(24)22-12-10-21(11-13-22)9-7-17(20)23/h3-5,14,25H,6-13H2,1-2H3,(H2,20,23). The number of primary amides is 1. The summed E-state index contributed by atoms with van der Waals surface area (Å²) < 4.78 is 0. The highest BCUT2D eigenvalue weighted by molar-refractivity contribution is 5.94. The second-order valence-corrected chi connectivity index (χ2v) is 7.36. The molecule has 1 aliphatic rings. The number of aryl methyl sites for hydroxylation is 1. The first-order chi connectivity index (χ1) is 11.7. The number of hydrogen-bond donors (Lipinski definition) is 2. The number of rotatable bonds is 7. The van der Waals surface area contributed by atoms with Crippen LogP contribution in [0.2, 0.25) is 0 Å². The smallest absolute Gasteiger partial charge is 0.253 e. The maximum Gasteiger partial charge on any atom is 0.253 e. The fraction of sp³-hybridized carbons (Fsp3) is 0.579. The molecule has 1 saturated heterocycles. The van der Waals surface area contributed by atoms with Gasteiger partial charge in [0.25, 0.3) is 5.91 Å². The van der Waals surface area contributed by atoms with Crippen molar-refractivity contribution in [2.24, 2.45) is 5.73 Å². The van der Waals surface area contributed by atoms with E-state index in [0.717, 1.165) is 25.1 Å². The normalized spacial score (nSPS) is 16.0. The van der Waals surface area contributed by atoms with Crippen LogP contribution >= 0.6 is 0 Å². The van der Waals surface area contributed by atoms with Gasteiger partial charge in [0.15, 0.2) is 0 Å². The van der Waals surface area contributed by atoms with Gasteiger partial charge in [0.05, 0.1) is 5.60 Å². The van der Waals surface area contributed by atoms with Crippen molar-refractivity contribution in [3.05, 3.63) is 35.4 Å². The maximum atomic E-state index is 12.7. The van der Waals surface area contributed by atoms with Gasteiger partial charge in [-0.05, 0) is 44.4 Å². The number of nitrogens with two attached hydrogens (primary N) is 1. The molecule has 0 aromatic heterocycles. The molecule has 6 nitrogen and oxygen atoms in total. The van der Waals surface area contributed by atoms with Crippen molar-refractivity contribution in [3.63, 3.8) is 0 Å². The first kappa shape index (κ1) is 19.4. The first-order valence-corrected chi connectivity index (χ1v) is 8.86. The fourth-order valence-electron chi connectivity index (χ4n) is 2.94. The highest BCUT2D eigenvalue weighted by atomic mass is 16.3. The largest absolute Gasteiger partial charge is 0.390 e. The van der Waals surface area contributed by atoms with E-state index in [-0.39, 0.29) is 11.8 Å². The van der Waals surface area contributed by atoms with E-state index in [4.69, 9.17) is 5.73 Å². The Hall–Kier alpha value is -1.92. The third kappa shape index (κ3) is 6.48. The molecule has 0 saturated carbocycles. The monoisotopic (exact) mass is 347 g/mol. The SMILES string of the molecule is CC(C)(O)CCc1cccc(C(=O)N2CCN(CCC(N)=O)CC2)c1. The lowest BCUT2D eigenvalue weighted by Crippen LogP contribution is -2.49. The van der Waals surface area contributed by atoms with E-state index < -0.39 is 5.60 Å². The quantitative estimate of drug-likeness (QED) is 0.771. The van der Waals surface area contributed by atoms with Crippen molar-refractivity contribution < 1.29 is 14.7 Å². The van der Waals surface area contributed by atoms with Gasteiger partial charge in [-0.25, -0.2) is 0 Å². The van der Waals surface area contributed by atoms with E-state index in [0.29, 0.717) is 38.0 Å². The Bertz CT molecular complexity index is 602. The number of carbonyl (C=O) groups excluding carboxylic acids is 2. The minimum Gasteiger partial charge on any atom is -0.390 e. The van der Waals surface area contributed by atoms with Crippen molar-refractivity contribution in [1.82, 2.24) is 9.80 Å². The molecule has 6 heteroatoms. The molecule has 1 heterocycles. The molecule has 1 fully saturated rings. The van der Waals surface area contributed by atoms with E-state index >= 15 is 0 Å². The number of benzene rings is 1. The maximum absolute atomic E-state index is 12.7. The molecule has 25 heavy (non-hydrogen) atoms. The number of nitrogens with zero attached hydrogens (tertiary/aromatic N) is 2. The van der Waals surface area contributed by atoms with Gasteiger partial charge in [0.1, 0.15) is 0 Å². The number of aliphatic hydroxyl groups is 1. The van der Waals surface area contributed by atoms with E-state index in [9.17, 15) is 14.7 Å². The zero-order chi connectivity index (χ0) is 18.4. The van der Waals surface area contributed by atoms with E-state index in [1.165, 1.54) is 0 Å². The number of hydrogen-bond acceptors (Lipinski definition) is 4. The molecular formula is C19H29N3O3. The van der Waals surface area contributed by atoms with Crippen LogP contribution in [0, 0.1) is 0 Å². The van der Waals surface area contributed by atoms with E-state index in [2.05, 4.69) is 4.90 Å². The molecule has 0 aliphatic carbocycles. The first-order valence-electron chi connectivity index (χ1n) is 8.86. The van der Waals surface area contributed by atoms with Gasteiger partial charge >= 0.3 is 0 Å². The van der Waals surface area contributed by atoms with Crippen molar-refractivity contribution in [1.29, 1.82) is 0 Å². The Kier molecular flexibility index (Phi) is 6.56. The molecule has 1 aromatic rings. The molecule has 1 aromatic carbocycles. The van der Waals surface area contributed by atoms with Gasteiger partial charge in [-0.3, -0.25) is 14.5 Å². The number of carbonyl (C=O) groups is 2. The molecule has 0 unspecified atom stereocenters. The number of piperazine rings is 1. The minimum absolute atomic E-state index is 0.0414. The van der Waals surface area contributed by atoms with Crippen LogP contribution < -0.4 is 5.73 Å². The Balaban J connectivity index is 1.90. The van der Waals surface area contributed by atoms with Crippen LogP contribution in [0.15, 0.2) is 24.3 Å². The van der Waals surface area contributed by atoms with Crippen LogP contribution in [0.4, 0.5) is 0 Å². The lowest BCUT2D eigenvalue weighted by Gasteiger charge is -2.34. The summed E-state index contributed by atoms with van der Waals surface area (Å²) in [4.78, 5) is 27.6. The molecule has 0 atom stereocenters. The summed E-state index contributed by atoms with van der Waals surface area (Å²) in [5.74, 6) is -0.249. The Labute approximate surface area is 149 Å². The average Bonchev–Trinajstić information content (AvgIpc) is 2.57. The Morgan fingerprint density at radius 3 is 2.48 bits per heavy atom. The lowest BCUT2D eigenvalue weighted by molar-refractivity contribution is -0.118. The minimum atomic E-state index is -0.707. The summed E-state index contributed by atoms with van der Waals surface area (Å²) in [6.07, 6.45) is 1.76. The van der Waals surface area contributed by atoms with Gasteiger partial charge in [-0.15, -0.1) is 0 Å². The third-order valence-electron chi connectivity index (χ3n) is 4.53. The topological polar surface area (TPSA) is 86.9 Å². The Morgan fingerprint density at radius 2 is 1.88 bits per heavy atom. The molecule has 3 N–H and O–H groups in total. The van der Waals surface area contributed by atoms with E-state index in [1.807, 2.05) is 29.2 Å². The molecule has 0 bridgehead atoms. The Morgan fingerprint density at radius 1 is 1.20 bits per heavy atom. The summed E-state index contributed by atoms with van der Waals surface area (Å²) >= 11 is 0. The van der Waals surface area contributed by atoms with Crippen LogP contribution in [0.25, 0.3) is 0 Å². The van der Waals surface area contributed by atoms with Gasteiger partial charge in [-0.1, -0.05) is 12.1 Å². The predicted molar refractivity (Wildman–Crippen MR) is 97.2 cm³/mol. The van der Waals surface area contributed by atoms with Crippen molar-refractivity contribution in [2.45, 2.75) is 38.7 Å². The van der Waals surface area contributed by atoms with Crippen LogP contribution in [0.5, 0.6) is 0 Å². The second kappa shape index (κ2) is 8.45. The van der Waals surface area contributed by atoms with Crippen molar-refractivity contribution in [2.75, 3.05) is 32.7 Å². The zero-order valence-corrected chi connectivity index (χ0v) is 15.2. The van der Waals surface area contributed by atoms with Gasteiger partial charge in [-0.2, -0.15) is 0 Å². The van der Waals surface area contributed by atoms with Crippen LogP contribution in [0.3, 0.4) is 0 Å². The van der Waals surface area contributed by atoms with Crippen LogP contribution in [0.1, 0.15) is 42.6 Å². The average molecular weight is 347 g/mol. The van der Waals surface area contributed by atoms with Crippen LogP contribution in [-0.4, -0.2) is 65.0 Å². The summed E-state index contributed by atoms with van der Waals surface area (Å²) in [5.41, 5.74) is 6.23. The highest BCUT2D eigenvalue weighted by Crippen LogP contribution is 2.16. The van der Waals surface area contributed by atoms with Crippen LogP contribution in [-0.2, 0) is 11.2 Å². The fourth-order valence-corrected chi connectivity index (χ4v) is 2.94. The molecule has 0 spiro atoms. The van der Waals surface area contributed by atoms with Crippen molar-refractivity contribution in [3.8, 4) is 0 Å².